The van der Waals surface area contributed by atoms with E-state index in [1.165, 1.54) is 5.56 Å². The average Bonchev–Trinajstić information content (AvgIpc) is 3.39. The fraction of sp³-hybridized carbons (Fsp3) is 0.286. The maximum atomic E-state index is 12.7. The van der Waals surface area contributed by atoms with E-state index in [9.17, 15) is 4.79 Å². The quantitative estimate of drug-likeness (QED) is 0.394. The Balaban J connectivity index is 1.08. The van der Waals surface area contributed by atoms with E-state index in [0.29, 0.717) is 6.54 Å². The third-order valence-corrected chi connectivity index (χ3v) is 7.45. The van der Waals surface area contributed by atoms with Gasteiger partial charge in [-0.3, -0.25) is 4.79 Å². The molecule has 0 radical (unpaired) electrons. The summed E-state index contributed by atoms with van der Waals surface area (Å²) >= 11 is 1.65. The van der Waals surface area contributed by atoms with E-state index in [4.69, 9.17) is 4.98 Å². The summed E-state index contributed by atoms with van der Waals surface area (Å²) < 4.78 is 0. The summed E-state index contributed by atoms with van der Waals surface area (Å²) in [5.74, 6) is 1.06. The average molecular weight is 484 g/mol. The lowest BCUT2D eigenvalue weighted by Gasteiger charge is -2.31. The normalized spacial score (nSPS) is 14.1. The molecule has 3 heterocycles. The Morgan fingerprint density at radius 1 is 1.00 bits per heavy atom. The van der Waals surface area contributed by atoms with Gasteiger partial charge in [0.05, 0.1) is 11.4 Å². The van der Waals surface area contributed by atoms with Crippen LogP contribution in [0.1, 0.15) is 24.1 Å². The molecule has 1 saturated heterocycles. The van der Waals surface area contributed by atoms with Crippen molar-refractivity contribution in [2.24, 2.45) is 5.92 Å². The van der Waals surface area contributed by atoms with Crippen molar-refractivity contribution < 1.29 is 4.79 Å². The highest BCUT2D eigenvalue weighted by Gasteiger charge is 2.25. The summed E-state index contributed by atoms with van der Waals surface area (Å²) in [5.41, 5.74) is 5.34. The van der Waals surface area contributed by atoms with Crippen molar-refractivity contribution >= 4 is 23.1 Å². The molecule has 1 N–H and O–H groups in total. The predicted molar refractivity (Wildman–Crippen MR) is 141 cm³/mol. The lowest BCUT2D eigenvalue weighted by atomic mass is 9.96. The van der Waals surface area contributed by atoms with E-state index >= 15 is 0 Å². The van der Waals surface area contributed by atoms with Gasteiger partial charge in [0.1, 0.15) is 5.01 Å². The minimum Gasteiger partial charge on any atom is -0.355 e. The summed E-state index contributed by atoms with van der Waals surface area (Å²) in [6, 6.07) is 22.5. The van der Waals surface area contributed by atoms with Crippen LogP contribution in [0.3, 0.4) is 0 Å². The number of amides is 1. The Hall–Kier alpha value is -3.58. The Kier molecular flexibility index (Phi) is 7.14. The number of aryl methyl sites for hydroxylation is 1. The zero-order chi connectivity index (χ0) is 24.0. The second-order valence-corrected chi connectivity index (χ2v) is 9.76. The van der Waals surface area contributed by atoms with Crippen molar-refractivity contribution in [1.29, 1.82) is 0 Å². The van der Waals surface area contributed by atoms with Crippen LogP contribution in [0.5, 0.6) is 0 Å². The summed E-state index contributed by atoms with van der Waals surface area (Å²) in [7, 11) is 0. The van der Waals surface area contributed by atoms with Crippen molar-refractivity contribution in [3.63, 3.8) is 0 Å². The van der Waals surface area contributed by atoms with Crippen LogP contribution in [-0.2, 0) is 11.2 Å². The third kappa shape index (κ3) is 5.57. The highest BCUT2D eigenvalue weighted by Crippen LogP contribution is 2.25. The number of carbonyl (C=O) groups is 1. The third-order valence-electron chi connectivity index (χ3n) is 6.51. The number of carbonyl (C=O) groups excluding carboxylic acids is 1. The maximum absolute atomic E-state index is 12.7. The highest BCUT2D eigenvalue weighted by molar-refractivity contribution is 7.13. The summed E-state index contributed by atoms with van der Waals surface area (Å²) in [5, 5.41) is 15.1. The smallest absolute Gasteiger partial charge is 0.223 e. The molecule has 35 heavy (non-hydrogen) atoms. The number of rotatable bonds is 7. The molecule has 7 heteroatoms. The van der Waals surface area contributed by atoms with Crippen molar-refractivity contribution in [2.75, 3.05) is 24.5 Å². The number of nitrogens with one attached hydrogen (secondary N) is 1. The van der Waals surface area contributed by atoms with Crippen LogP contribution in [0.2, 0.25) is 0 Å². The zero-order valence-corrected chi connectivity index (χ0v) is 20.7. The van der Waals surface area contributed by atoms with Gasteiger partial charge in [0, 0.05) is 48.5 Å². The Morgan fingerprint density at radius 3 is 2.51 bits per heavy atom. The molecule has 1 fully saturated rings. The van der Waals surface area contributed by atoms with Crippen LogP contribution in [0.25, 0.3) is 21.8 Å². The van der Waals surface area contributed by atoms with Crippen molar-refractivity contribution in [3.8, 4) is 21.8 Å². The van der Waals surface area contributed by atoms with Crippen molar-refractivity contribution in [1.82, 2.24) is 20.5 Å². The summed E-state index contributed by atoms with van der Waals surface area (Å²) in [4.78, 5) is 19.6. The molecule has 5 rings (SSSR count). The molecule has 2 aromatic heterocycles. The van der Waals surface area contributed by atoms with Gasteiger partial charge in [0.15, 0.2) is 5.82 Å². The number of aromatic nitrogens is 3. The summed E-state index contributed by atoms with van der Waals surface area (Å²) in [6.45, 7) is 4.31. The minimum atomic E-state index is 0.0424. The molecule has 0 bridgehead atoms. The first kappa shape index (κ1) is 23.2. The minimum absolute atomic E-state index is 0.0424. The molecule has 0 aliphatic carbocycles. The first-order valence-electron chi connectivity index (χ1n) is 12.1. The SMILES string of the molecule is Cc1ccccc1-c1ccc(N2CCC(C(=O)NCCc3csc(-c4ccccc4)n3)CC2)nn1. The highest BCUT2D eigenvalue weighted by atomic mass is 32.1. The van der Waals surface area contributed by atoms with Gasteiger partial charge in [-0.25, -0.2) is 4.98 Å². The van der Waals surface area contributed by atoms with E-state index < -0.39 is 0 Å². The molecule has 178 valence electrons. The molecule has 0 spiro atoms. The Labute approximate surface area is 210 Å². The largest absolute Gasteiger partial charge is 0.355 e. The number of anilines is 1. The fourth-order valence-corrected chi connectivity index (χ4v) is 5.32. The number of benzene rings is 2. The summed E-state index contributed by atoms with van der Waals surface area (Å²) in [6.07, 6.45) is 2.39. The van der Waals surface area contributed by atoms with Crippen LogP contribution in [0.15, 0.2) is 72.1 Å². The monoisotopic (exact) mass is 483 g/mol. The molecule has 1 amide bonds. The van der Waals surface area contributed by atoms with E-state index in [1.54, 1.807) is 11.3 Å². The van der Waals surface area contributed by atoms with Gasteiger partial charge in [-0.1, -0.05) is 54.6 Å². The van der Waals surface area contributed by atoms with Gasteiger partial charge in [-0.15, -0.1) is 21.5 Å². The predicted octanol–water partition coefficient (Wildman–Crippen LogP) is 5.15. The maximum Gasteiger partial charge on any atom is 0.223 e. The van der Waals surface area contributed by atoms with Crippen LogP contribution >= 0.6 is 11.3 Å². The topological polar surface area (TPSA) is 71.0 Å². The van der Waals surface area contributed by atoms with Gasteiger partial charge >= 0.3 is 0 Å². The van der Waals surface area contributed by atoms with E-state index in [0.717, 1.165) is 65.7 Å². The Morgan fingerprint density at radius 2 is 1.77 bits per heavy atom. The standard InChI is InChI=1S/C28H29N5OS/c1-20-7-5-6-10-24(20)25-11-12-26(32-31-25)33-17-14-21(15-18-33)27(34)29-16-13-23-19-35-28(30-23)22-8-3-2-4-9-22/h2-12,19,21H,13-18H2,1H3,(H,29,34). The molecule has 0 unspecified atom stereocenters. The van der Waals surface area contributed by atoms with E-state index in [2.05, 4.69) is 57.0 Å². The lowest BCUT2D eigenvalue weighted by Crippen LogP contribution is -2.41. The van der Waals surface area contributed by atoms with Gasteiger partial charge in [-0.2, -0.15) is 0 Å². The van der Waals surface area contributed by atoms with Gasteiger partial charge in [-0.05, 0) is 37.5 Å². The molecule has 1 aliphatic rings. The fourth-order valence-electron chi connectivity index (χ4n) is 4.46. The van der Waals surface area contributed by atoms with Crippen LogP contribution in [0.4, 0.5) is 5.82 Å². The van der Waals surface area contributed by atoms with Crippen LogP contribution in [0, 0.1) is 12.8 Å². The molecular weight excluding hydrogens is 454 g/mol. The molecule has 1 aliphatic heterocycles. The first-order chi connectivity index (χ1) is 17.2. The number of piperidine rings is 1. The molecule has 0 saturated carbocycles. The zero-order valence-electron chi connectivity index (χ0n) is 19.9. The molecular formula is C28H29N5OS. The number of thiazole rings is 1. The molecule has 0 atom stereocenters. The second kappa shape index (κ2) is 10.8. The van der Waals surface area contributed by atoms with E-state index in [1.807, 2.05) is 42.5 Å². The van der Waals surface area contributed by atoms with Gasteiger partial charge < -0.3 is 10.2 Å². The van der Waals surface area contributed by atoms with Gasteiger partial charge in [0.25, 0.3) is 0 Å². The number of hydrogen-bond donors (Lipinski definition) is 1. The van der Waals surface area contributed by atoms with Crippen LogP contribution in [-0.4, -0.2) is 40.7 Å². The van der Waals surface area contributed by atoms with Gasteiger partial charge in [0.2, 0.25) is 5.91 Å². The number of nitrogens with zero attached hydrogens (tertiary/aromatic N) is 4. The van der Waals surface area contributed by atoms with Crippen LogP contribution < -0.4 is 10.2 Å². The molecule has 6 nitrogen and oxygen atoms in total. The van der Waals surface area contributed by atoms with Crippen molar-refractivity contribution in [2.45, 2.75) is 26.2 Å². The molecule has 2 aromatic carbocycles. The van der Waals surface area contributed by atoms with Crippen molar-refractivity contribution in [3.05, 3.63) is 83.4 Å². The lowest BCUT2D eigenvalue weighted by molar-refractivity contribution is -0.125. The molecule has 4 aromatic rings. The van der Waals surface area contributed by atoms with E-state index in [-0.39, 0.29) is 11.8 Å². The second-order valence-electron chi connectivity index (χ2n) is 8.90. The first-order valence-corrected chi connectivity index (χ1v) is 13.0. The number of hydrogen-bond acceptors (Lipinski definition) is 6. The Bertz CT molecular complexity index is 1260.